The number of benzene rings is 1. The summed E-state index contributed by atoms with van der Waals surface area (Å²) in [6.07, 6.45) is 7.70. The first-order valence-corrected chi connectivity index (χ1v) is 18.2. The summed E-state index contributed by atoms with van der Waals surface area (Å²) in [6, 6.07) is 6.18. The third kappa shape index (κ3) is 5.95. The van der Waals surface area contributed by atoms with E-state index in [2.05, 4.69) is 55.5 Å². The van der Waals surface area contributed by atoms with Gasteiger partial charge >= 0.3 is 138 Å². The van der Waals surface area contributed by atoms with Gasteiger partial charge in [-0.3, -0.25) is 0 Å². The van der Waals surface area contributed by atoms with Crippen molar-refractivity contribution < 1.29 is 18.3 Å². The maximum absolute atomic E-state index is 6.65. The molecule has 0 amide bonds. The van der Waals surface area contributed by atoms with Crippen LogP contribution in [0.1, 0.15) is 32.8 Å². The maximum Gasteiger partial charge on any atom is -0.147 e. The topological polar surface area (TPSA) is 9.23 Å². The molecular formula is C17H28Cl3OSiTi. The monoisotopic (exact) mass is 429 g/mol. The van der Waals surface area contributed by atoms with Crippen molar-refractivity contribution in [2.24, 2.45) is 0 Å². The molecular weight excluding hydrogens is 402 g/mol. The second-order valence-corrected chi connectivity index (χ2v) is 31.3. The molecule has 0 N–H and O–H groups in total. The predicted molar refractivity (Wildman–Crippen MR) is 109 cm³/mol. The molecule has 6 heteroatoms. The molecule has 0 spiro atoms. The van der Waals surface area contributed by atoms with Gasteiger partial charge in [0.1, 0.15) is 0 Å². The fourth-order valence-corrected chi connectivity index (χ4v) is 9.32. The second kappa shape index (κ2) is 7.68. The minimum Gasteiger partial charge on any atom is -0.147 e. The Morgan fingerprint density at radius 3 is 2.22 bits per heavy atom. The first-order valence-electron chi connectivity index (χ1n) is 7.55. The van der Waals surface area contributed by atoms with Gasteiger partial charge in [0.15, 0.2) is 0 Å². The van der Waals surface area contributed by atoms with Crippen molar-refractivity contribution >= 4 is 44.5 Å². The van der Waals surface area contributed by atoms with E-state index in [0.29, 0.717) is 0 Å². The Kier molecular flexibility index (Phi) is 7.78. The Bertz CT molecular complexity index is 625. The second-order valence-electron chi connectivity index (χ2n) is 8.32. The molecule has 1 aromatic rings. The third-order valence-electron chi connectivity index (χ3n) is 4.08. The van der Waals surface area contributed by atoms with E-state index < -0.39 is 14.9 Å². The molecule has 0 bridgehead atoms. The summed E-state index contributed by atoms with van der Waals surface area (Å²) in [5.74, 6) is 0.942. The Labute approximate surface area is 161 Å². The fourth-order valence-electron chi connectivity index (χ4n) is 2.61. The zero-order valence-electron chi connectivity index (χ0n) is 14.8. The first kappa shape index (κ1) is 23.3. The summed E-state index contributed by atoms with van der Waals surface area (Å²) in [4.78, 5) is 0. The number of halogens is 3. The van der Waals surface area contributed by atoms with Crippen molar-refractivity contribution in [3.8, 4) is 5.75 Å². The third-order valence-corrected chi connectivity index (χ3v) is 13.3. The summed E-state index contributed by atoms with van der Waals surface area (Å²) in [6.45, 7) is 6.61. The molecule has 0 radical (unpaired) electrons. The van der Waals surface area contributed by atoms with Crippen molar-refractivity contribution in [3.63, 3.8) is 0 Å². The zero-order chi connectivity index (χ0) is 15.9. The van der Waals surface area contributed by atoms with Crippen molar-refractivity contribution in [2.75, 3.05) is 0 Å². The molecule has 1 aliphatic carbocycles. The number of rotatable bonds is 3. The predicted octanol–water partition coefficient (Wildman–Crippen LogP) is 5.68. The summed E-state index contributed by atoms with van der Waals surface area (Å²) in [5.41, 5.74) is 1.31. The van der Waals surface area contributed by atoms with E-state index in [1.165, 1.54) is 9.44 Å². The van der Waals surface area contributed by atoms with Crippen LogP contribution in [0.2, 0.25) is 15.5 Å². The van der Waals surface area contributed by atoms with Crippen molar-refractivity contribution in [2.45, 2.75) is 43.1 Å². The summed E-state index contributed by atoms with van der Waals surface area (Å²) in [5, 5.41) is 5.51. The van der Waals surface area contributed by atoms with Crippen LogP contribution in [0.4, 0.5) is 0 Å². The minimum absolute atomic E-state index is 0. The van der Waals surface area contributed by atoms with E-state index in [9.17, 15) is 0 Å². The number of allylic oxidation sites excluding steroid dienone is 4. The van der Waals surface area contributed by atoms with Gasteiger partial charge in [-0.05, 0) is 0 Å². The Balaban J connectivity index is 0.00000242. The summed E-state index contributed by atoms with van der Waals surface area (Å²) < 4.78 is 8.17. The van der Waals surface area contributed by atoms with Crippen molar-refractivity contribution in [1.82, 2.24) is 0 Å². The minimum atomic E-state index is -2.96. The van der Waals surface area contributed by atoms with Crippen LogP contribution in [0.3, 0.4) is 0 Å². The van der Waals surface area contributed by atoms with E-state index >= 15 is 0 Å². The largest absolute Gasteiger partial charge is 0.147 e. The van der Waals surface area contributed by atoms with Crippen LogP contribution < -0.4 is 3.32 Å². The van der Waals surface area contributed by atoms with Gasteiger partial charge in [-0.1, -0.05) is 0 Å². The molecule has 2 rings (SSSR count). The Morgan fingerprint density at radius 1 is 1.13 bits per heavy atom. The Morgan fingerprint density at radius 2 is 1.74 bits per heavy atom. The molecule has 23 heavy (non-hydrogen) atoms. The quantitative estimate of drug-likeness (QED) is 0.560. The molecule has 0 atom stereocenters. The van der Waals surface area contributed by atoms with E-state index in [1.807, 2.05) is 12.1 Å². The van der Waals surface area contributed by atoms with Gasteiger partial charge in [0.2, 0.25) is 0 Å². The van der Waals surface area contributed by atoms with E-state index in [0.717, 1.165) is 25.3 Å². The van der Waals surface area contributed by atoms with Crippen LogP contribution in [0, 0.1) is 0 Å². The smallest absolute Gasteiger partial charge is 0.147 e. The molecule has 0 saturated heterocycles. The van der Waals surface area contributed by atoms with Gasteiger partial charge in [-0.25, -0.2) is 0 Å². The molecule has 0 aliphatic heterocycles. The van der Waals surface area contributed by atoms with Gasteiger partial charge in [0.25, 0.3) is 0 Å². The molecule has 0 fully saturated rings. The number of hydrogen-bond donors (Lipinski definition) is 0. The number of hydrogen-bond acceptors (Lipinski definition) is 1. The molecule has 0 heterocycles. The molecule has 0 unspecified atom stereocenters. The van der Waals surface area contributed by atoms with E-state index in [4.69, 9.17) is 14.9 Å². The Hall–Kier alpha value is 0.301. The van der Waals surface area contributed by atoms with Gasteiger partial charge in [-0.2, -0.15) is 0 Å². The standard InChI is InChI=1S/C10H13ClO.C5H5.2CH3.2ClH.H3Si.Ti/c1-10(2,3)7-4-8(11)6-9(12)5-7;1-2-4-5-3-1;;;;;;/h4-6,12H,1-3H3;1-3H,4H2;2*1H3;2*1H;1H3;/q;;;;;;;+1/p-1. The van der Waals surface area contributed by atoms with Gasteiger partial charge in [0.05, 0.1) is 0 Å². The zero-order valence-corrected chi connectivity index (χ0v) is 20.7. The average Bonchev–Trinajstić information content (AvgIpc) is 2.79. The van der Waals surface area contributed by atoms with Gasteiger partial charge < -0.3 is 0 Å². The van der Waals surface area contributed by atoms with Crippen LogP contribution in [-0.4, -0.2) is 8.11 Å². The van der Waals surface area contributed by atoms with Crippen molar-refractivity contribution in [1.29, 1.82) is 0 Å². The van der Waals surface area contributed by atoms with E-state index in [-0.39, 0.29) is 30.2 Å². The normalized spacial score (nSPS) is 15.9. The maximum atomic E-state index is 6.65. The fraction of sp³-hybridized carbons (Fsp3) is 0.412. The first-order chi connectivity index (χ1) is 9.46. The summed E-state index contributed by atoms with van der Waals surface area (Å²) in [7, 11) is 1.09. The van der Waals surface area contributed by atoms with Crippen LogP contribution in [-0.2, 0) is 20.4 Å². The summed E-state index contributed by atoms with van der Waals surface area (Å²) >= 11 is 3.35. The van der Waals surface area contributed by atoms with Gasteiger partial charge in [-0.15, -0.1) is 24.8 Å². The van der Waals surface area contributed by atoms with Crippen molar-refractivity contribution in [3.05, 3.63) is 50.9 Å². The molecule has 0 saturated carbocycles. The van der Waals surface area contributed by atoms with Crippen LogP contribution in [0.5, 0.6) is 5.75 Å². The van der Waals surface area contributed by atoms with Crippen LogP contribution in [0.15, 0.2) is 40.3 Å². The molecule has 1 aromatic carbocycles. The van der Waals surface area contributed by atoms with Gasteiger partial charge in [0, 0.05) is 0 Å². The van der Waals surface area contributed by atoms with Crippen LogP contribution >= 0.6 is 36.4 Å². The van der Waals surface area contributed by atoms with Crippen LogP contribution in [0.25, 0.3) is 0 Å². The molecule has 131 valence electrons. The average molecular weight is 431 g/mol. The SMILES string of the molecule is CC(C)(C)c1cc(Cl)cc([O][Ti]([CH3])([CH3])([SiH3])[C]2=CC=CC2)c1.Cl.Cl. The van der Waals surface area contributed by atoms with E-state index in [1.54, 1.807) is 0 Å². The molecule has 1 aliphatic rings. The molecule has 0 aromatic heterocycles. The molecule has 1 nitrogen and oxygen atoms in total.